The SMILES string of the molecule is Oc1[nH]c2cc(F)ccc2c1C=Nc1ccc(OCCCN2CCCCC2)cc1. The molecular formula is C23H26FN3O2. The Morgan fingerprint density at radius 1 is 1.10 bits per heavy atom. The molecule has 4 rings (SSSR count). The van der Waals surface area contributed by atoms with Gasteiger partial charge in [0.15, 0.2) is 5.88 Å². The molecule has 0 spiro atoms. The maximum absolute atomic E-state index is 13.3. The molecule has 6 heteroatoms. The Labute approximate surface area is 169 Å². The van der Waals surface area contributed by atoms with Gasteiger partial charge in [-0.1, -0.05) is 6.42 Å². The Balaban J connectivity index is 1.32. The number of aliphatic imine (C=N–C) groups is 1. The van der Waals surface area contributed by atoms with Gasteiger partial charge in [-0.25, -0.2) is 4.39 Å². The predicted octanol–water partition coefficient (Wildman–Crippen LogP) is 5.02. The zero-order chi connectivity index (χ0) is 20.1. The van der Waals surface area contributed by atoms with Crippen LogP contribution in [0.5, 0.6) is 11.6 Å². The molecule has 1 aromatic heterocycles. The van der Waals surface area contributed by atoms with E-state index in [4.69, 9.17) is 4.74 Å². The van der Waals surface area contributed by atoms with Gasteiger partial charge in [0, 0.05) is 18.1 Å². The number of rotatable bonds is 7. The molecule has 5 nitrogen and oxygen atoms in total. The van der Waals surface area contributed by atoms with Crippen LogP contribution in [0.15, 0.2) is 47.5 Å². The molecule has 3 aromatic rings. The van der Waals surface area contributed by atoms with Gasteiger partial charge in [0.25, 0.3) is 0 Å². The van der Waals surface area contributed by atoms with Crippen molar-refractivity contribution < 1.29 is 14.2 Å². The number of halogens is 1. The third-order valence-corrected chi connectivity index (χ3v) is 5.30. The lowest BCUT2D eigenvalue weighted by Crippen LogP contribution is -2.31. The smallest absolute Gasteiger partial charge is 0.198 e. The van der Waals surface area contributed by atoms with E-state index >= 15 is 0 Å². The van der Waals surface area contributed by atoms with E-state index in [1.54, 1.807) is 12.3 Å². The van der Waals surface area contributed by atoms with E-state index in [9.17, 15) is 9.50 Å². The highest BCUT2D eigenvalue weighted by Gasteiger charge is 2.10. The van der Waals surface area contributed by atoms with Crippen molar-refractivity contribution in [3.63, 3.8) is 0 Å². The monoisotopic (exact) mass is 395 g/mol. The lowest BCUT2D eigenvalue weighted by atomic mass is 10.1. The van der Waals surface area contributed by atoms with Crippen LogP contribution < -0.4 is 4.74 Å². The summed E-state index contributed by atoms with van der Waals surface area (Å²) in [5.41, 5.74) is 1.83. The van der Waals surface area contributed by atoms with Gasteiger partial charge in [-0.05, 0) is 74.8 Å². The molecule has 2 aromatic carbocycles. The predicted molar refractivity (Wildman–Crippen MR) is 114 cm³/mol. The van der Waals surface area contributed by atoms with Crippen LogP contribution in [0.25, 0.3) is 10.9 Å². The lowest BCUT2D eigenvalue weighted by molar-refractivity contribution is 0.205. The Hall–Kier alpha value is -2.86. The maximum Gasteiger partial charge on any atom is 0.198 e. The number of hydrogen-bond donors (Lipinski definition) is 2. The number of nitrogens with one attached hydrogen (secondary N) is 1. The Morgan fingerprint density at radius 3 is 2.69 bits per heavy atom. The van der Waals surface area contributed by atoms with Crippen LogP contribution in [-0.2, 0) is 0 Å². The van der Waals surface area contributed by atoms with Crippen molar-refractivity contribution >= 4 is 22.8 Å². The number of fused-ring (bicyclic) bond motifs is 1. The van der Waals surface area contributed by atoms with Gasteiger partial charge < -0.3 is 19.7 Å². The number of benzene rings is 2. The highest BCUT2D eigenvalue weighted by molar-refractivity contribution is 6.02. The molecule has 2 heterocycles. The number of ether oxygens (including phenoxy) is 1. The number of hydrogen-bond acceptors (Lipinski definition) is 4. The summed E-state index contributed by atoms with van der Waals surface area (Å²) in [6, 6.07) is 11.9. The summed E-state index contributed by atoms with van der Waals surface area (Å²) in [4.78, 5) is 9.70. The first-order chi connectivity index (χ1) is 14.2. The normalized spacial score (nSPS) is 15.3. The Bertz CT molecular complexity index is 976. The minimum atomic E-state index is -0.353. The highest BCUT2D eigenvalue weighted by Crippen LogP contribution is 2.27. The quantitative estimate of drug-likeness (QED) is 0.436. The highest BCUT2D eigenvalue weighted by atomic mass is 19.1. The fraction of sp³-hybridized carbons (Fsp3) is 0.348. The molecule has 0 radical (unpaired) electrons. The van der Waals surface area contributed by atoms with Crippen molar-refractivity contribution in [2.75, 3.05) is 26.2 Å². The second-order valence-corrected chi connectivity index (χ2v) is 7.43. The molecule has 1 aliphatic heterocycles. The van der Waals surface area contributed by atoms with Crippen LogP contribution in [0.3, 0.4) is 0 Å². The number of H-pyrrole nitrogens is 1. The summed E-state index contributed by atoms with van der Waals surface area (Å²) < 4.78 is 19.2. The molecule has 0 saturated carbocycles. The topological polar surface area (TPSA) is 60.9 Å². The molecule has 152 valence electrons. The van der Waals surface area contributed by atoms with Crippen molar-refractivity contribution in [1.82, 2.24) is 9.88 Å². The van der Waals surface area contributed by atoms with Gasteiger partial charge in [0.2, 0.25) is 0 Å². The number of piperidine rings is 1. The molecule has 0 amide bonds. The molecule has 1 fully saturated rings. The lowest BCUT2D eigenvalue weighted by Gasteiger charge is -2.26. The number of aromatic hydroxyl groups is 1. The molecule has 2 N–H and O–H groups in total. The van der Waals surface area contributed by atoms with Crippen molar-refractivity contribution in [1.29, 1.82) is 0 Å². The molecule has 29 heavy (non-hydrogen) atoms. The van der Waals surface area contributed by atoms with Crippen molar-refractivity contribution in [3.05, 3.63) is 53.8 Å². The summed E-state index contributed by atoms with van der Waals surface area (Å²) in [5.74, 6) is 0.449. The van der Waals surface area contributed by atoms with Gasteiger partial charge in [-0.3, -0.25) is 4.99 Å². The first-order valence-electron chi connectivity index (χ1n) is 10.2. The molecule has 0 bridgehead atoms. The third kappa shape index (κ3) is 4.95. The average molecular weight is 395 g/mol. The molecule has 0 aliphatic carbocycles. The molecule has 1 aliphatic rings. The van der Waals surface area contributed by atoms with E-state index in [1.807, 2.05) is 24.3 Å². The van der Waals surface area contributed by atoms with E-state index in [1.165, 1.54) is 44.5 Å². The number of nitrogens with zero attached hydrogens (tertiary/aromatic N) is 2. The van der Waals surface area contributed by atoms with Crippen LogP contribution in [0.1, 0.15) is 31.2 Å². The maximum atomic E-state index is 13.3. The Kier molecular flexibility index (Phi) is 6.10. The molecule has 0 unspecified atom stereocenters. The minimum Gasteiger partial charge on any atom is -0.494 e. The second kappa shape index (κ2) is 9.09. The fourth-order valence-corrected chi connectivity index (χ4v) is 3.74. The summed E-state index contributed by atoms with van der Waals surface area (Å²) in [5, 5.41) is 10.8. The second-order valence-electron chi connectivity index (χ2n) is 7.43. The summed E-state index contributed by atoms with van der Waals surface area (Å²) >= 11 is 0. The van der Waals surface area contributed by atoms with Crippen LogP contribution in [0.4, 0.5) is 10.1 Å². The van der Waals surface area contributed by atoms with E-state index in [0.29, 0.717) is 17.7 Å². The summed E-state index contributed by atoms with van der Waals surface area (Å²) in [6.45, 7) is 4.24. The fourth-order valence-electron chi connectivity index (χ4n) is 3.74. The largest absolute Gasteiger partial charge is 0.494 e. The summed E-state index contributed by atoms with van der Waals surface area (Å²) in [6.07, 6.45) is 6.60. The number of aromatic amines is 1. The third-order valence-electron chi connectivity index (χ3n) is 5.30. The van der Waals surface area contributed by atoms with Gasteiger partial charge in [0.1, 0.15) is 11.6 Å². The number of likely N-dealkylation sites (tertiary alicyclic amines) is 1. The van der Waals surface area contributed by atoms with E-state index < -0.39 is 0 Å². The Morgan fingerprint density at radius 2 is 1.90 bits per heavy atom. The van der Waals surface area contributed by atoms with Crippen molar-refractivity contribution in [3.8, 4) is 11.6 Å². The molecule has 1 saturated heterocycles. The van der Waals surface area contributed by atoms with Crippen LogP contribution in [0, 0.1) is 5.82 Å². The standard InChI is InChI=1S/C23H26FN3O2/c24-17-5-10-20-21(23(28)26-22(20)15-17)16-25-18-6-8-19(9-7-18)29-14-4-13-27-11-2-1-3-12-27/h5-10,15-16,26,28H,1-4,11-14H2. The summed E-state index contributed by atoms with van der Waals surface area (Å²) in [7, 11) is 0. The first-order valence-corrected chi connectivity index (χ1v) is 10.2. The van der Waals surface area contributed by atoms with Crippen LogP contribution in [0.2, 0.25) is 0 Å². The first kappa shape index (κ1) is 19.5. The van der Waals surface area contributed by atoms with E-state index in [0.717, 1.165) is 29.8 Å². The van der Waals surface area contributed by atoms with Gasteiger partial charge in [0.05, 0.1) is 23.4 Å². The van der Waals surface area contributed by atoms with Crippen LogP contribution in [-0.4, -0.2) is 47.4 Å². The zero-order valence-corrected chi connectivity index (χ0v) is 16.4. The molecule has 0 atom stereocenters. The minimum absolute atomic E-state index is 0.0250. The van der Waals surface area contributed by atoms with Gasteiger partial charge in [-0.2, -0.15) is 0 Å². The number of aromatic nitrogens is 1. The average Bonchev–Trinajstić information content (AvgIpc) is 3.05. The van der Waals surface area contributed by atoms with E-state index in [-0.39, 0.29) is 11.7 Å². The van der Waals surface area contributed by atoms with Crippen molar-refractivity contribution in [2.45, 2.75) is 25.7 Å². The van der Waals surface area contributed by atoms with Crippen molar-refractivity contribution in [2.24, 2.45) is 4.99 Å². The van der Waals surface area contributed by atoms with Gasteiger partial charge in [-0.15, -0.1) is 0 Å². The van der Waals surface area contributed by atoms with Gasteiger partial charge >= 0.3 is 0 Å². The van der Waals surface area contributed by atoms with Crippen LogP contribution >= 0.6 is 0 Å². The van der Waals surface area contributed by atoms with E-state index in [2.05, 4.69) is 14.9 Å². The molecular weight excluding hydrogens is 369 g/mol. The zero-order valence-electron chi connectivity index (χ0n) is 16.4.